The van der Waals surface area contributed by atoms with Gasteiger partial charge in [-0.15, -0.1) is 0 Å². The van der Waals surface area contributed by atoms with Crippen LogP contribution < -0.4 is 4.74 Å². The maximum atomic E-state index is 10.8. The summed E-state index contributed by atoms with van der Waals surface area (Å²) >= 11 is 0. The van der Waals surface area contributed by atoms with Gasteiger partial charge in [0.15, 0.2) is 0 Å². The molecule has 108 valence electrons. The summed E-state index contributed by atoms with van der Waals surface area (Å²) in [5.41, 5.74) is 1.27. The van der Waals surface area contributed by atoms with Gasteiger partial charge in [0, 0.05) is 12.3 Å². The van der Waals surface area contributed by atoms with Crippen LogP contribution in [-0.4, -0.2) is 20.2 Å². The molecule has 3 nitrogen and oxygen atoms in total. The molecule has 0 fully saturated rings. The molecule has 2 rings (SSSR count). The normalized spacial score (nSPS) is 9.81. The van der Waals surface area contributed by atoms with Crippen molar-refractivity contribution in [1.29, 1.82) is 0 Å². The van der Waals surface area contributed by atoms with Crippen LogP contribution in [0.1, 0.15) is 18.4 Å². The SMILES string of the molecule is COC(=O)C#CCCCc1ccc2cc(OC)ccc2c1. The average Bonchev–Trinajstić information content (AvgIpc) is 2.53. The number of hydrogen-bond donors (Lipinski definition) is 0. The number of unbranched alkanes of at least 4 members (excludes halogenated alkanes) is 1. The maximum absolute atomic E-state index is 10.8. The Bertz CT molecular complexity index is 692. The number of carbonyl (C=O) groups is 1. The second kappa shape index (κ2) is 7.35. The van der Waals surface area contributed by atoms with E-state index in [0.29, 0.717) is 6.42 Å². The Hall–Kier alpha value is -2.47. The maximum Gasteiger partial charge on any atom is 0.384 e. The number of esters is 1. The van der Waals surface area contributed by atoms with Crippen LogP contribution in [0.25, 0.3) is 10.8 Å². The van der Waals surface area contributed by atoms with E-state index in [4.69, 9.17) is 4.74 Å². The number of benzene rings is 2. The summed E-state index contributed by atoms with van der Waals surface area (Å²) in [4.78, 5) is 10.8. The zero-order chi connectivity index (χ0) is 15.1. The largest absolute Gasteiger partial charge is 0.497 e. The van der Waals surface area contributed by atoms with Crippen molar-refractivity contribution >= 4 is 16.7 Å². The molecule has 0 aliphatic heterocycles. The molecule has 0 atom stereocenters. The number of aryl methyl sites for hydroxylation is 1. The van der Waals surface area contributed by atoms with Gasteiger partial charge in [0.1, 0.15) is 5.75 Å². The van der Waals surface area contributed by atoms with E-state index in [1.807, 2.05) is 12.1 Å². The van der Waals surface area contributed by atoms with Gasteiger partial charge in [-0.25, -0.2) is 4.79 Å². The fourth-order valence-corrected chi connectivity index (χ4v) is 2.12. The number of rotatable bonds is 4. The number of methoxy groups -OCH3 is 2. The zero-order valence-electron chi connectivity index (χ0n) is 12.3. The molecule has 2 aromatic rings. The van der Waals surface area contributed by atoms with Gasteiger partial charge in [-0.1, -0.05) is 30.2 Å². The van der Waals surface area contributed by atoms with Crippen LogP contribution in [0.3, 0.4) is 0 Å². The van der Waals surface area contributed by atoms with E-state index in [-0.39, 0.29) is 0 Å². The Balaban J connectivity index is 1.96. The molecule has 0 aliphatic rings. The average molecular weight is 282 g/mol. The van der Waals surface area contributed by atoms with Crippen molar-refractivity contribution in [3.63, 3.8) is 0 Å². The van der Waals surface area contributed by atoms with Crippen LogP contribution in [0, 0.1) is 11.8 Å². The molecule has 3 heteroatoms. The highest BCUT2D eigenvalue weighted by Crippen LogP contribution is 2.22. The lowest BCUT2D eigenvalue weighted by atomic mass is 10.0. The summed E-state index contributed by atoms with van der Waals surface area (Å²) in [7, 11) is 3.01. The summed E-state index contributed by atoms with van der Waals surface area (Å²) in [6, 6.07) is 12.5. The van der Waals surface area contributed by atoms with Gasteiger partial charge < -0.3 is 9.47 Å². The molecule has 2 aromatic carbocycles. The van der Waals surface area contributed by atoms with Gasteiger partial charge in [0.05, 0.1) is 14.2 Å². The third-order valence-corrected chi connectivity index (χ3v) is 3.25. The predicted octanol–water partition coefficient (Wildman–Crippen LogP) is 3.35. The minimum Gasteiger partial charge on any atom is -0.497 e. The van der Waals surface area contributed by atoms with E-state index >= 15 is 0 Å². The molecule has 0 bridgehead atoms. The van der Waals surface area contributed by atoms with Crippen LogP contribution in [0.2, 0.25) is 0 Å². The minimum atomic E-state index is -0.477. The summed E-state index contributed by atoms with van der Waals surface area (Å²) in [6.07, 6.45) is 2.55. The Morgan fingerprint density at radius 3 is 2.62 bits per heavy atom. The highest BCUT2D eigenvalue weighted by molar-refractivity contribution is 5.88. The second-order valence-corrected chi connectivity index (χ2v) is 4.69. The van der Waals surface area contributed by atoms with Crippen LogP contribution in [0.5, 0.6) is 5.75 Å². The Morgan fingerprint density at radius 2 is 1.86 bits per heavy atom. The number of hydrogen-bond acceptors (Lipinski definition) is 3. The molecular formula is C18H18O3. The molecule has 0 N–H and O–H groups in total. The quantitative estimate of drug-likeness (QED) is 0.373. The van der Waals surface area contributed by atoms with E-state index in [0.717, 1.165) is 18.6 Å². The van der Waals surface area contributed by atoms with Crippen LogP contribution in [0.4, 0.5) is 0 Å². The van der Waals surface area contributed by atoms with Crippen molar-refractivity contribution < 1.29 is 14.3 Å². The number of carbonyl (C=O) groups excluding carboxylic acids is 1. The van der Waals surface area contributed by atoms with Crippen molar-refractivity contribution in [2.75, 3.05) is 14.2 Å². The number of fused-ring (bicyclic) bond motifs is 1. The first kappa shape index (κ1) is 14.9. The summed E-state index contributed by atoms with van der Waals surface area (Å²) < 4.78 is 9.68. The third kappa shape index (κ3) is 4.25. The van der Waals surface area contributed by atoms with Gasteiger partial charge in [-0.3, -0.25) is 0 Å². The lowest BCUT2D eigenvalue weighted by Gasteiger charge is -2.05. The molecule has 0 saturated carbocycles. The predicted molar refractivity (Wildman–Crippen MR) is 83.2 cm³/mol. The standard InChI is InChI=1S/C18H18O3/c1-20-17-11-10-15-12-14(8-9-16(15)13-17)6-4-3-5-7-18(19)21-2/h8-13H,3-4,6H2,1-2H3. The topological polar surface area (TPSA) is 35.5 Å². The minimum absolute atomic E-state index is 0.477. The van der Waals surface area contributed by atoms with E-state index < -0.39 is 5.97 Å². The lowest BCUT2D eigenvalue weighted by molar-refractivity contribution is -0.133. The van der Waals surface area contributed by atoms with Crippen molar-refractivity contribution in [2.45, 2.75) is 19.3 Å². The molecule has 0 radical (unpaired) electrons. The molecule has 0 aromatic heterocycles. The fraction of sp³-hybridized carbons (Fsp3) is 0.278. The van der Waals surface area contributed by atoms with Crippen molar-refractivity contribution in [1.82, 2.24) is 0 Å². The zero-order valence-corrected chi connectivity index (χ0v) is 12.3. The molecule has 21 heavy (non-hydrogen) atoms. The van der Waals surface area contributed by atoms with Gasteiger partial charge in [-0.2, -0.15) is 0 Å². The summed E-state index contributed by atoms with van der Waals surface area (Å²) in [6.45, 7) is 0. The second-order valence-electron chi connectivity index (χ2n) is 4.69. The first-order chi connectivity index (χ1) is 10.2. The molecular weight excluding hydrogens is 264 g/mol. The molecule has 0 saturated heterocycles. The van der Waals surface area contributed by atoms with Gasteiger partial charge in [0.25, 0.3) is 0 Å². The summed E-state index contributed by atoms with van der Waals surface area (Å²) in [5, 5.41) is 2.37. The van der Waals surface area contributed by atoms with Gasteiger partial charge in [-0.05, 0) is 41.3 Å². The molecule has 0 unspecified atom stereocenters. The number of ether oxygens (including phenoxy) is 2. The molecule has 0 amide bonds. The molecule has 0 heterocycles. The van der Waals surface area contributed by atoms with Crippen molar-refractivity contribution in [3.05, 3.63) is 42.0 Å². The smallest absolute Gasteiger partial charge is 0.384 e. The van der Waals surface area contributed by atoms with Crippen LogP contribution in [0.15, 0.2) is 36.4 Å². The van der Waals surface area contributed by atoms with Crippen molar-refractivity contribution in [2.24, 2.45) is 0 Å². The van der Waals surface area contributed by atoms with Gasteiger partial charge in [0.2, 0.25) is 0 Å². The monoisotopic (exact) mass is 282 g/mol. The Labute approximate surface area is 124 Å². The fourth-order valence-electron chi connectivity index (χ4n) is 2.12. The molecule has 0 aliphatic carbocycles. The van der Waals surface area contributed by atoms with E-state index in [1.54, 1.807) is 7.11 Å². The lowest BCUT2D eigenvalue weighted by Crippen LogP contribution is -1.94. The molecule has 0 spiro atoms. The van der Waals surface area contributed by atoms with Crippen molar-refractivity contribution in [3.8, 4) is 17.6 Å². The Kier molecular flexibility index (Phi) is 5.22. The third-order valence-electron chi connectivity index (χ3n) is 3.25. The summed E-state index contributed by atoms with van der Waals surface area (Å²) in [5.74, 6) is 5.64. The van der Waals surface area contributed by atoms with Gasteiger partial charge >= 0.3 is 5.97 Å². The van der Waals surface area contributed by atoms with Crippen LogP contribution >= 0.6 is 0 Å². The van der Waals surface area contributed by atoms with E-state index in [1.165, 1.54) is 23.4 Å². The van der Waals surface area contributed by atoms with E-state index in [2.05, 4.69) is 40.8 Å². The highest BCUT2D eigenvalue weighted by atomic mass is 16.5. The van der Waals surface area contributed by atoms with E-state index in [9.17, 15) is 4.79 Å². The first-order valence-electron chi connectivity index (χ1n) is 6.86. The first-order valence-corrected chi connectivity index (χ1v) is 6.86. The Morgan fingerprint density at radius 1 is 1.10 bits per heavy atom. The van der Waals surface area contributed by atoms with Crippen LogP contribution in [-0.2, 0) is 16.0 Å². The highest BCUT2D eigenvalue weighted by Gasteiger charge is 1.99.